The molecule has 272 valence electrons. The summed E-state index contributed by atoms with van der Waals surface area (Å²) in [6, 6.07) is 32.1. The lowest BCUT2D eigenvalue weighted by atomic mass is 9.82. The third-order valence-corrected chi connectivity index (χ3v) is 16.0. The van der Waals surface area contributed by atoms with Gasteiger partial charge in [0.15, 0.2) is 5.60 Å². The number of fused-ring (bicyclic) bond motifs is 3. The van der Waals surface area contributed by atoms with Crippen molar-refractivity contribution in [3.8, 4) is 5.75 Å². The number of hydrogen-bond acceptors (Lipinski definition) is 7. The van der Waals surface area contributed by atoms with Crippen LogP contribution in [-0.4, -0.2) is 59.8 Å². The summed E-state index contributed by atoms with van der Waals surface area (Å²) >= 11 is 0. The first-order chi connectivity index (χ1) is 25.7. The van der Waals surface area contributed by atoms with Gasteiger partial charge in [-0.25, -0.2) is 0 Å². The van der Waals surface area contributed by atoms with Crippen molar-refractivity contribution >= 4 is 47.8 Å². The smallest absolute Gasteiger partial charge is 0.268 e. The largest absolute Gasteiger partial charge is 0.497 e. The third-order valence-electron chi connectivity index (χ3n) is 11.7. The number of benzene rings is 4. The predicted octanol–water partition coefficient (Wildman–Crippen LogP) is 6.42. The number of anilines is 4. The lowest BCUT2D eigenvalue weighted by Crippen LogP contribution is -2.51. The first-order valence-corrected chi connectivity index (χ1v) is 21.5. The van der Waals surface area contributed by atoms with Crippen LogP contribution >= 0.6 is 0 Å². The highest BCUT2D eigenvalue weighted by Crippen LogP contribution is 2.61. The molecule has 0 radical (unpaired) electrons. The van der Waals surface area contributed by atoms with Crippen LogP contribution in [-0.2, 0) is 39.3 Å². The molecule has 3 aliphatic heterocycles. The van der Waals surface area contributed by atoms with Crippen molar-refractivity contribution in [1.29, 1.82) is 0 Å². The second-order valence-electron chi connectivity index (χ2n) is 14.9. The molecule has 2 amide bonds. The van der Waals surface area contributed by atoms with E-state index < -0.39 is 13.7 Å². The molecule has 4 heterocycles. The summed E-state index contributed by atoms with van der Waals surface area (Å²) in [6.45, 7) is 7.47. The van der Waals surface area contributed by atoms with Gasteiger partial charge in [0.25, 0.3) is 5.91 Å². The first kappa shape index (κ1) is 35.0. The molecule has 5 aromatic rings. The summed E-state index contributed by atoms with van der Waals surface area (Å²) in [4.78, 5) is 32.7. The summed E-state index contributed by atoms with van der Waals surface area (Å²) in [6.07, 6.45) is 3.73. The minimum Gasteiger partial charge on any atom is -0.497 e. The van der Waals surface area contributed by atoms with Gasteiger partial charge in [0.1, 0.15) is 5.75 Å². The molecule has 1 N–H and O–H groups in total. The van der Waals surface area contributed by atoms with E-state index in [4.69, 9.17) is 9.47 Å². The van der Waals surface area contributed by atoms with Crippen molar-refractivity contribution in [3.05, 3.63) is 120 Å². The highest BCUT2D eigenvalue weighted by Gasteiger charge is 2.66. The van der Waals surface area contributed by atoms with E-state index in [1.807, 2.05) is 94.9 Å². The van der Waals surface area contributed by atoms with Crippen molar-refractivity contribution in [1.82, 2.24) is 15.0 Å². The zero-order chi connectivity index (χ0) is 36.9. The third kappa shape index (κ3) is 5.78. The highest BCUT2D eigenvalue weighted by molar-refractivity contribution is 6.91. The van der Waals surface area contributed by atoms with Crippen LogP contribution in [0.1, 0.15) is 36.6 Å². The Labute approximate surface area is 311 Å². The second-order valence-corrected chi connectivity index (χ2v) is 19.6. The fourth-order valence-electron chi connectivity index (χ4n) is 9.12. The summed E-state index contributed by atoms with van der Waals surface area (Å²) in [5.41, 5.74) is 4.48. The molecular weight excluding hydrogens is 683 g/mol. The number of hydrogen-bond donors (Lipinski definition) is 1. The van der Waals surface area contributed by atoms with Crippen LogP contribution in [0.4, 0.5) is 22.7 Å². The van der Waals surface area contributed by atoms with Crippen molar-refractivity contribution in [3.63, 3.8) is 0 Å². The van der Waals surface area contributed by atoms with Gasteiger partial charge in [0, 0.05) is 55.0 Å². The molecule has 10 nitrogen and oxygen atoms in total. The second kappa shape index (κ2) is 13.7. The molecule has 1 saturated heterocycles. The molecule has 53 heavy (non-hydrogen) atoms. The molecular formula is C42H45N5O5Si. The Morgan fingerprint density at radius 3 is 2.42 bits per heavy atom. The van der Waals surface area contributed by atoms with E-state index in [2.05, 4.69) is 48.5 Å². The Bertz CT molecular complexity index is 2150. The van der Waals surface area contributed by atoms with E-state index in [0.717, 1.165) is 45.3 Å². The van der Waals surface area contributed by atoms with Gasteiger partial charge in [-0.3, -0.25) is 24.1 Å². The van der Waals surface area contributed by atoms with Gasteiger partial charge in [-0.15, -0.1) is 5.10 Å². The van der Waals surface area contributed by atoms with E-state index in [-0.39, 0.29) is 36.0 Å². The number of amides is 2. The van der Waals surface area contributed by atoms with Crippen LogP contribution in [0.5, 0.6) is 5.75 Å². The number of nitrogens with zero attached hydrogens (tertiary/aromatic N) is 5. The molecule has 11 heteroatoms. The maximum Gasteiger partial charge on any atom is 0.268 e. The number of aromatic nitrogens is 3. The lowest BCUT2D eigenvalue weighted by molar-refractivity contribution is -0.145. The SMILES string of the molecule is COc1ccc([Si](C)(C)[C@@H]2[C@@H](CCn3cc(CCO)nn3)O[C@]3(C(=O)N(c4ccccc4)c4ccc(N5C(=O)CCc6ccccc65)cc43)[C@H]2C)cc1. The molecule has 3 aliphatic rings. The number of aryl methyl sites for hydroxylation is 2. The zero-order valence-corrected chi connectivity index (χ0v) is 31.6. The van der Waals surface area contributed by atoms with Gasteiger partial charge in [-0.1, -0.05) is 78.9 Å². The first-order valence-electron chi connectivity index (χ1n) is 18.4. The van der Waals surface area contributed by atoms with Crippen LogP contribution in [0.25, 0.3) is 0 Å². The standard InChI is InChI=1S/C42H45N5O5Si/c1-28-40(53(3,4)34-18-16-33(51-2)17-19-34)38(22-24-45-27-30(23-25-48)43-44-45)52-42(28)35-26-32(46-36-13-9-8-10-29(36)14-21-39(46)49)15-20-37(35)47(41(42)50)31-11-6-5-7-12-31/h5-13,15-20,26-28,38,40,48H,14,21-25H2,1-4H3/t28-,38+,40-,42+/m0/s1. The van der Waals surface area contributed by atoms with Gasteiger partial charge >= 0.3 is 0 Å². The van der Waals surface area contributed by atoms with Crippen molar-refractivity contribution in [2.45, 2.75) is 69.5 Å². The average molecular weight is 728 g/mol. The van der Waals surface area contributed by atoms with Crippen molar-refractivity contribution in [2.24, 2.45) is 5.92 Å². The van der Waals surface area contributed by atoms with Crippen LogP contribution in [0.2, 0.25) is 18.6 Å². The van der Waals surface area contributed by atoms with E-state index >= 15 is 4.79 Å². The van der Waals surface area contributed by atoms with Crippen molar-refractivity contribution < 1.29 is 24.2 Å². The van der Waals surface area contributed by atoms with Crippen LogP contribution < -0.4 is 19.7 Å². The molecule has 0 aliphatic carbocycles. The number of rotatable bonds is 10. The topological polar surface area (TPSA) is 110 Å². The molecule has 1 fully saturated rings. The van der Waals surface area contributed by atoms with Gasteiger partial charge in [0.05, 0.1) is 38.4 Å². The summed E-state index contributed by atoms with van der Waals surface area (Å²) in [7, 11) is -0.725. The summed E-state index contributed by atoms with van der Waals surface area (Å²) < 4.78 is 14.7. The maximum atomic E-state index is 15.4. The predicted molar refractivity (Wildman–Crippen MR) is 207 cm³/mol. The van der Waals surface area contributed by atoms with Gasteiger partial charge in [0.2, 0.25) is 5.91 Å². The number of methoxy groups -OCH3 is 1. The van der Waals surface area contributed by atoms with Crippen LogP contribution in [0.15, 0.2) is 103 Å². The number of aliphatic hydroxyl groups excluding tert-OH is 1. The molecule has 0 saturated carbocycles. The minimum atomic E-state index is -2.40. The van der Waals surface area contributed by atoms with Crippen LogP contribution in [0.3, 0.4) is 0 Å². The maximum absolute atomic E-state index is 15.4. The molecule has 0 unspecified atom stereocenters. The van der Waals surface area contributed by atoms with Gasteiger partial charge in [-0.2, -0.15) is 0 Å². The van der Waals surface area contributed by atoms with E-state index in [9.17, 15) is 9.90 Å². The lowest BCUT2D eigenvalue weighted by Gasteiger charge is -2.37. The van der Waals surface area contributed by atoms with Gasteiger partial charge < -0.3 is 14.6 Å². The van der Waals surface area contributed by atoms with Crippen LogP contribution in [0, 0.1) is 5.92 Å². The Balaban J connectivity index is 1.27. The number of carbonyl (C=O) groups excluding carboxylic acids is 2. The number of para-hydroxylation sites is 2. The summed E-state index contributed by atoms with van der Waals surface area (Å²) in [5.74, 6) is 0.481. The average Bonchev–Trinajstić information content (AvgIpc) is 3.83. The molecule has 8 rings (SSSR count). The fourth-order valence-corrected chi connectivity index (χ4v) is 13.2. The number of ether oxygens (including phenoxy) is 2. The minimum absolute atomic E-state index is 0.00419. The summed E-state index contributed by atoms with van der Waals surface area (Å²) in [5, 5.41) is 19.3. The Morgan fingerprint density at radius 2 is 1.66 bits per heavy atom. The number of aliphatic hydroxyl groups is 1. The Hall–Kier alpha value is -5.10. The number of carbonyl (C=O) groups is 2. The Kier molecular flexibility index (Phi) is 9.04. The molecule has 4 atom stereocenters. The van der Waals surface area contributed by atoms with E-state index in [1.54, 1.807) is 11.8 Å². The normalized spacial score (nSPS) is 22.4. The zero-order valence-electron chi connectivity index (χ0n) is 30.6. The molecule has 1 aromatic heterocycles. The highest BCUT2D eigenvalue weighted by atomic mass is 28.3. The van der Waals surface area contributed by atoms with Gasteiger partial charge in [-0.05, 0) is 72.5 Å². The molecule has 1 spiro atoms. The molecule has 4 aromatic carbocycles. The van der Waals surface area contributed by atoms with E-state index in [1.165, 1.54) is 5.19 Å². The van der Waals surface area contributed by atoms with E-state index in [0.29, 0.717) is 32.2 Å². The van der Waals surface area contributed by atoms with Crippen molar-refractivity contribution in [2.75, 3.05) is 23.5 Å². The fraction of sp³-hybridized carbons (Fsp3) is 0.333. The quantitative estimate of drug-likeness (QED) is 0.166. The monoisotopic (exact) mass is 727 g/mol. The molecule has 0 bridgehead atoms. The Morgan fingerprint density at radius 1 is 0.906 bits per heavy atom.